The lowest BCUT2D eigenvalue weighted by Crippen LogP contribution is -2.39. The highest BCUT2D eigenvalue weighted by molar-refractivity contribution is 6.31. The van der Waals surface area contributed by atoms with E-state index in [2.05, 4.69) is 5.32 Å². The van der Waals surface area contributed by atoms with E-state index in [0.29, 0.717) is 17.1 Å². The van der Waals surface area contributed by atoms with Crippen molar-refractivity contribution in [2.45, 2.75) is 13.3 Å². The van der Waals surface area contributed by atoms with Crippen molar-refractivity contribution in [1.29, 1.82) is 0 Å². The van der Waals surface area contributed by atoms with Crippen LogP contribution in [-0.4, -0.2) is 32.3 Å². The highest BCUT2D eigenvalue weighted by atomic mass is 35.5. The van der Waals surface area contributed by atoms with E-state index in [1.54, 1.807) is 25.2 Å². The van der Waals surface area contributed by atoms with Gasteiger partial charge in [0.25, 0.3) is 0 Å². The molecule has 1 atom stereocenters. The standard InChI is InChI=1S/C14H17ClN2O2/c1-14(13(19)16-2)5-6-17(9-14)12-7-11(15)4-3-10(12)8-18/h3-4,7-8H,5-6,9H2,1-2H3,(H,16,19). The molecular formula is C14H17ClN2O2. The van der Waals surface area contributed by atoms with Crippen molar-refractivity contribution in [3.63, 3.8) is 0 Å². The molecule has 5 heteroatoms. The van der Waals surface area contributed by atoms with Crippen LogP contribution in [0.3, 0.4) is 0 Å². The molecule has 2 rings (SSSR count). The number of nitrogens with zero attached hydrogens (tertiary/aromatic N) is 1. The van der Waals surface area contributed by atoms with E-state index in [4.69, 9.17) is 11.6 Å². The summed E-state index contributed by atoms with van der Waals surface area (Å²) in [7, 11) is 1.65. The normalized spacial score (nSPS) is 22.4. The first-order chi connectivity index (χ1) is 9.00. The van der Waals surface area contributed by atoms with Gasteiger partial charge in [0.15, 0.2) is 6.29 Å². The van der Waals surface area contributed by atoms with Crippen LogP contribution in [0.15, 0.2) is 18.2 Å². The molecule has 0 saturated carbocycles. The van der Waals surface area contributed by atoms with Gasteiger partial charge >= 0.3 is 0 Å². The minimum absolute atomic E-state index is 0.0321. The lowest BCUT2D eigenvalue weighted by Gasteiger charge is -2.24. The second-order valence-corrected chi connectivity index (χ2v) is 5.57. The van der Waals surface area contributed by atoms with E-state index in [0.717, 1.165) is 24.9 Å². The third-order valence-corrected chi connectivity index (χ3v) is 3.94. The lowest BCUT2D eigenvalue weighted by molar-refractivity contribution is -0.128. The van der Waals surface area contributed by atoms with Gasteiger partial charge in [0.05, 0.1) is 5.41 Å². The van der Waals surface area contributed by atoms with Gasteiger partial charge in [-0.2, -0.15) is 0 Å². The van der Waals surface area contributed by atoms with Crippen LogP contribution < -0.4 is 10.2 Å². The second-order valence-electron chi connectivity index (χ2n) is 5.13. The SMILES string of the molecule is CNC(=O)C1(C)CCN(c2cc(Cl)ccc2C=O)C1. The van der Waals surface area contributed by atoms with Crippen molar-refractivity contribution in [2.75, 3.05) is 25.0 Å². The quantitative estimate of drug-likeness (QED) is 0.863. The summed E-state index contributed by atoms with van der Waals surface area (Å²) in [4.78, 5) is 25.0. The molecule has 1 aromatic carbocycles. The Balaban J connectivity index is 2.28. The highest BCUT2D eigenvalue weighted by Crippen LogP contribution is 2.35. The summed E-state index contributed by atoms with van der Waals surface area (Å²) < 4.78 is 0. The molecule has 0 spiro atoms. The van der Waals surface area contributed by atoms with Crippen molar-refractivity contribution in [3.8, 4) is 0 Å². The zero-order chi connectivity index (χ0) is 14.0. The number of nitrogens with one attached hydrogen (secondary N) is 1. The minimum Gasteiger partial charge on any atom is -0.370 e. The Morgan fingerprint density at radius 1 is 1.53 bits per heavy atom. The van der Waals surface area contributed by atoms with Crippen LogP contribution in [0.25, 0.3) is 0 Å². The van der Waals surface area contributed by atoms with Crippen LogP contribution in [0.5, 0.6) is 0 Å². The zero-order valence-electron chi connectivity index (χ0n) is 11.1. The number of anilines is 1. The molecule has 1 unspecified atom stereocenters. The van der Waals surface area contributed by atoms with E-state index in [9.17, 15) is 9.59 Å². The number of amides is 1. The van der Waals surface area contributed by atoms with Crippen molar-refractivity contribution in [2.24, 2.45) is 5.41 Å². The number of halogens is 1. The Hall–Kier alpha value is -1.55. The molecule has 1 amide bonds. The van der Waals surface area contributed by atoms with Crippen LogP contribution in [0, 0.1) is 5.41 Å². The third-order valence-electron chi connectivity index (χ3n) is 3.71. The summed E-state index contributed by atoms with van der Waals surface area (Å²) in [5.41, 5.74) is 0.984. The molecule has 0 aromatic heterocycles. The second kappa shape index (κ2) is 5.21. The van der Waals surface area contributed by atoms with E-state index in [1.165, 1.54) is 0 Å². The maximum absolute atomic E-state index is 11.9. The monoisotopic (exact) mass is 280 g/mol. The molecular weight excluding hydrogens is 264 g/mol. The number of carbonyl (C=O) groups excluding carboxylic acids is 2. The van der Waals surface area contributed by atoms with Crippen molar-refractivity contribution in [1.82, 2.24) is 5.32 Å². The lowest BCUT2D eigenvalue weighted by atomic mass is 9.89. The molecule has 0 bridgehead atoms. The van der Waals surface area contributed by atoms with E-state index in [-0.39, 0.29) is 5.91 Å². The molecule has 1 aliphatic rings. The predicted molar refractivity (Wildman–Crippen MR) is 75.8 cm³/mol. The van der Waals surface area contributed by atoms with Crippen LogP contribution in [0.1, 0.15) is 23.7 Å². The van der Waals surface area contributed by atoms with Gasteiger partial charge in [0.2, 0.25) is 5.91 Å². The number of hydrogen-bond donors (Lipinski definition) is 1. The Bertz CT molecular complexity index is 518. The summed E-state index contributed by atoms with van der Waals surface area (Å²) in [6.45, 7) is 3.27. The van der Waals surface area contributed by atoms with Crippen molar-refractivity contribution >= 4 is 29.5 Å². The van der Waals surface area contributed by atoms with Crippen LogP contribution in [0.4, 0.5) is 5.69 Å². The molecule has 1 fully saturated rings. The molecule has 0 radical (unpaired) electrons. The van der Waals surface area contributed by atoms with Gasteiger partial charge in [0.1, 0.15) is 0 Å². The van der Waals surface area contributed by atoms with Crippen molar-refractivity contribution < 1.29 is 9.59 Å². The maximum Gasteiger partial charge on any atom is 0.227 e. The van der Waals surface area contributed by atoms with Gasteiger partial charge < -0.3 is 10.2 Å². The average Bonchev–Trinajstić information content (AvgIpc) is 2.81. The first kappa shape index (κ1) is 13.9. The first-order valence-corrected chi connectivity index (χ1v) is 6.60. The first-order valence-electron chi connectivity index (χ1n) is 6.22. The largest absolute Gasteiger partial charge is 0.370 e. The van der Waals surface area contributed by atoms with Gasteiger partial charge in [-0.15, -0.1) is 0 Å². The fourth-order valence-electron chi connectivity index (χ4n) is 2.54. The van der Waals surface area contributed by atoms with Gasteiger partial charge in [-0.3, -0.25) is 9.59 Å². The molecule has 1 saturated heterocycles. The smallest absolute Gasteiger partial charge is 0.227 e. The molecule has 0 aliphatic carbocycles. The van der Waals surface area contributed by atoms with Gasteiger partial charge in [-0.1, -0.05) is 11.6 Å². The van der Waals surface area contributed by atoms with E-state index in [1.807, 2.05) is 11.8 Å². The summed E-state index contributed by atoms with van der Waals surface area (Å²) in [5, 5.41) is 3.29. The van der Waals surface area contributed by atoms with Crippen LogP contribution >= 0.6 is 11.6 Å². The average molecular weight is 281 g/mol. The van der Waals surface area contributed by atoms with Crippen LogP contribution in [-0.2, 0) is 4.79 Å². The topological polar surface area (TPSA) is 49.4 Å². The molecule has 19 heavy (non-hydrogen) atoms. The van der Waals surface area contributed by atoms with Gasteiger partial charge in [0, 0.05) is 36.4 Å². The summed E-state index contributed by atoms with van der Waals surface area (Å²) in [6, 6.07) is 5.18. The minimum atomic E-state index is -0.419. The highest BCUT2D eigenvalue weighted by Gasteiger charge is 2.40. The Morgan fingerprint density at radius 3 is 2.89 bits per heavy atom. The zero-order valence-corrected chi connectivity index (χ0v) is 11.8. The number of aldehydes is 1. The molecule has 102 valence electrons. The third kappa shape index (κ3) is 2.59. The Morgan fingerprint density at radius 2 is 2.26 bits per heavy atom. The molecule has 1 aromatic rings. The molecule has 1 heterocycles. The number of rotatable bonds is 3. The summed E-state index contributed by atoms with van der Waals surface area (Å²) in [5.74, 6) is 0.0321. The van der Waals surface area contributed by atoms with Crippen molar-refractivity contribution in [3.05, 3.63) is 28.8 Å². The number of hydrogen-bond acceptors (Lipinski definition) is 3. The van der Waals surface area contributed by atoms with Gasteiger partial charge in [-0.25, -0.2) is 0 Å². The summed E-state index contributed by atoms with van der Waals surface area (Å²) >= 11 is 5.99. The number of benzene rings is 1. The predicted octanol–water partition coefficient (Wildman–Crippen LogP) is 2.11. The van der Waals surface area contributed by atoms with Gasteiger partial charge in [-0.05, 0) is 31.5 Å². The Labute approximate surface area is 117 Å². The maximum atomic E-state index is 11.9. The molecule has 1 N–H and O–H groups in total. The fourth-order valence-corrected chi connectivity index (χ4v) is 2.71. The van der Waals surface area contributed by atoms with E-state index < -0.39 is 5.41 Å². The summed E-state index contributed by atoms with van der Waals surface area (Å²) in [6.07, 6.45) is 1.58. The molecule has 1 aliphatic heterocycles. The molecule has 4 nitrogen and oxygen atoms in total. The fraction of sp³-hybridized carbons (Fsp3) is 0.429. The number of carbonyl (C=O) groups is 2. The van der Waals surface area contributed by atoms with E-state index >= 15 is 0 Å². The van der Waals surface area contributed by atoms with Crippen LogP contribution in [0.2, 0.25) is 5.02 Å². The Kier molecular flexibility index (Phi) is 3.80.